The van der Waals surface area contributed by atoms with Crippen molar-refractivity contribution in [2.75, 3.05) is 13.2 Å². The lowest BCUT2D eigenvalue weighted by atomic mass is 10.1. The highest BCUT2D eigenvalue weighted by Gasteiger charge is 2.20. The first kappa shape index (κ1) is 22.0. The average Bonchev–Trinajstić information content (AvgIpc) is 2.61. The minimum Gasteiger partial charge on any atom is -0.481 e. The van der Waals surface area contributed by atoms with Crippen molar-refractivity contribution in [1.82, 2.24) is 10.6 Å². The molecule has 0 saturated heterocycles. The summed E-state index contributed by atoms with van der Waals surface area (Å²) in [7, 11) is 0. The zero-order chi connectivity index (χ0) is 19.4. The van der Waals surface area contributed by atoms with E-state index < -0.39 is 24.4 Å². The van der Waals surface area contributed by atoms with Gasteiger partial charge in [0.2, 0.25) is 0 Å². The Balaban J connectivity index is 2.68. The van der Waals surface area contributed by atoms with Gasteiger partial charge in [0.1, 0.15) is 6.04 Å². The van der Waals surface area contributed by atoms with Gasteiger partial charge in [-0.25, -0.2) is 9.78 Å². The first-order valence-corrected chi connectivity index (χ1v) is 7.98. The summed E-state index contributed by atoms with van der Waals surface area (Å²) in [5.74, 6) is -2.43. The SMILES string of the molecule is O=C(O)CC(NCc1ccccc1CNC(CCOO)COO)C(=O)O. The van der Waals surface area contributed by atoms with Gasteiger partial charge < -0.3 is 15.5 Å². The van der Waals surface area contributed by atoms with Crippen LogP contribution in [0.5, 0.6) is 0 Å². The predicted molar refractivity (Wildman–Crippen MR) is 89.4 cm³/mol. The van der Waals surface area contributed by atoms with Gasteiger partial charge in [-0.15, -0.1) is 0 Å². The monoisotopic (exact) mass is 372 g/mol. The standard InChI is InChI=1S/C16H24N2O8/c19-15(20)7-14(16(21)22)18-9-12-4-2-1-3-11(12)8-17-13(10-26-24)5-6-25-23/h1-4,13-14,17-18,23-24H,5-10H2,(H,19,20)(H,21,22). The highest BCUT2D eigenvalue weighted by Crippen LogP contribution is 2.10. The molecule has 26 heavy (non-hydrogen) atoms. The zero-order valence-corrected chi connectivity index (χ0v) is 14.1. The lowest BCUT2D eigenvalue weighted by Crippen LogP contribution is -2.38. The van der Waals surface area contributed by atoms with E-state index in [9.17, 15) is 9.59 Å². The number of rotatable bonds is 14. The average molecular weight is 372 g/mol. The lowest BCUT2D eigenvalue weighted by Gasteiger charge is -2.19. The normalized spacial score (nSPS) is 13.3. The second-order valence-electron chi connectivity index (χ2n) is 5.63. The molecule has 0 aliphatic carbocycles. The quantitative estimate of drug-likeness (QED) is 0.201. The van der Waals surface area contributed by atoms with E-state index in [2.05, 4.69) is 20.4 Å². The van der Waals surface area contributed by atoms with E-state index in [-0.39, 0.29) is 25.8 Å². The summed E-state index contributed by atoms with van der Waals surface area (Å²) < 4.78 is 0. The molecule has 6 N–H and O–H groups in total. The van der Waals surface area contributed by atoms with Crippen LogP contribution in [0.1, 0.15) is 24.0 Å². The van der Waals surface area contributed by atoms with E-state index in [1.165, 1.54) is 0 Å². The summed E-state index contributed by atoms with van der Waals surface area (Å²) in [6, 6.07) is 5.80. The van der Waals surface area contributed by atoms with E-state index in [4.69, 9.17) is 20.7 Å². The molecule has 0 heterocycles. The van der Waals surface area contributed by atoms with Crippen LogP contribution in [-0.4, -0.2) is 58.0 Å². The molecule has 0 radical (unpaired) electrons. The van der Waals surface area contributed by atoms with Crippen LogP contribution in [0.2, 0.25) is 0 Å². The Kier molecular flexibility index (Phi) is 10.4. The molecule has 146 valence electrons. The molecular weight excluding hydrogens is 348 g/mol. The van der Waals surface area contributed by atoms with Crippen molar-refractivity contribution in [3.8, 4) is 0 Å². The van der Waals surface area contributed by atoms with Gasteiger partial charge in [0.25, 0.3) is 0 Å². The van der Waals surface area contributed by atoms with Crippen molar-refractivity contribution in [3.63, 3.8) is 0 Å². The molecule has 0 saturated carbocycles. The first-order valence-electron chi connectivity index (χ1n) is 7.98. The Bertz CT molecular complexity index is 569. The van der Waals surface area contributed by atoms with E-state index in [1.807, 2.05) is 12.1 Å². The largest absolute Gasteiger partial charge is 0.481 e. The number of hydrogen-bond donors (Lipinski definition) is 6. The Morgan fingerprint density at radius 1 is 1.00 bits per heavy atom. The van der Waals surface area contributed by atoms with Crippen LogP contribution >= 0.6 is 0 Å². The summed E-state index contributed by atoms with van der Waals surface area (Å²) in [5.41, 5.74) is 1.67. The molecule has 0 amide bonds. The number of hydrogen-bond acceptors (Lipinski definition) is 8. The molecule has 1 rings (SSSR count). The maximum atomic E-state index is 11.1. The van der Waals surface area contributed by atoms with Crippen LogP contribution in [0, 0.1) is 0 Å². The van der Waals surface area contributed by atoms with Crippen molar-refractivity contribution >= 4 is 11.9 Å². The molecule has 1 aromatic rings. The maximum absolute atomic E-state index is 11.1. The van der Waals surface area contributed by atoms with Crippen molar-refractivity contribution in [2.24, 2.45) is 0 Å². The second-order valence-corrected chi connectivity index (χ2v) is 5.63. The molecule has 0 bridgehead atoms. The van der Waals surface area contributed by atoms with Gasteiger partial charge in [-0.1, -0.05) is 24.3 Å². The van der Waals surface area contributed by atoms with E-state index >= 15 is 0 Å². The number of carbonyl (C=O) groups is 2. The molecule has 0 fully saturated rings. The number of carboxylic acids is 2. The third-order valence-corrected chi connectivity index (χ3v) is 3.75. The Morgan fingerprint density at radius 3 is 2.12 bits per heavy atom. The molecule has 0 aliphatic rings. The fourth-order valence-electron chi connectivity index (χ4n) is 2.34. The zero-order valence-electron chi connectivity index (χ0n) is 14.1. The van der Waals surface area contributed by atoms with Crippen LogP contribution in [0.25, 0.3) is 0 Å². The fourth-order valence-corrected chi connectivity index (χ4v) is 2.34. The third-order valence-electron chi connectivity index (χ3n) is 3.75. The smallest absolute Gasteiger partial charge is 0.321 e. The van der Waals surface area contributed by atoms with Gasteiger partial charge >= 0.3 is 11.9 Å². The highest BCUT2D eigenvalue weighted by molar-refractivity contribution is 5.80. The van der Waals surface area contributed by atoms with E-state index in [0.29, 0.717) is 13.0 Å². The molecular formula is C16H24N2O8. The van der Waals surface area contributed by atoms with Gasteiger partial charge in [0.15, 0.2) is 0 Å². The van der Waals surface area contributed by atoms with E-state index in [1.54, 1.807) is 12.1 Å². The van der Waals surface area contributed by atoms with Gasteiger partial charge in [-0.3, -0.25) is 25.4 Å². The maximum Gasteiger partial charge on any atom is 0.321 e. The molecule has 0 aromatic heterocycles. The predicted octanol–water partition coefficient (Wildman–Crippen LogP) is 0.532. The highest BCUT2D eigenvalue weighted by atomic mass is 17.1. The van der Waals surface area contributed by atoms with Crippen LogP contribution in [-0.2, 0) is 32.5 Å². The minimum absolute atomic E-state index is 0.00345. The van der Waals surface area contributed by atoms with E-state index in [0.717, 1.165) is 11.1 Å². The second kappa shape index (κ2) is 12.3. The summed E-state index contributed by atoms with van der Waals surface area (Å²) in [4.78, 5) is 30.0. The van der Waals surface area contributed by atoms with Gasteiger partial charge in [0.05, 0.1) is 19.6 Å². The Morgan fingerprint density at radius 2 is 1.62 bits per heavy atom. The van der Waals surface area contributed by atoms with Crippen molar-refractivity contribution in [2.45, 2.75) is 38.0 Å². The fraction of sp³-hybridized carbons (Fsp3) is 0.500. The van der Waals surface area contributed by atoms with Gasteiger partial charge in [0, 0.05) is 19.1 Å². The van der Waals surface area contributed by atoms with Crippen LogP contribution in [0.4, 0.5) is 0 Å². The van der Waals surface area contributed by atoms with Crippen LogP contribution < -0.4 is 10.6 Å². The Hall–Kier alpha value is -2.08. The van der Waals surface area contributed by atoms with Crippen LogP contribution in [0.15, 0.2) is 24.3 Å². The van der Waals surface area contributed by atoms with Crippen molar-refractivity contribution in [1.29, 1.82) is 0 Å². The van der Waals surface area contributed by atoms with Crippen molar-refractivity contribution < 1.29 is 40.1 Å². The number of benzene rings is 1. The minimum atomic E-state index is -1.23. The number of aliphatic carboxylic acids is 2. The third kappa shape index (κ3) is 8.34. The molecule has 2 atom stereocenters. The topological polar surface area (TPSA) is 158 Å². The number of nitrogens with one attached hydrogen (secondary N) is 2. The molecule has 1 aromatic carbocycles. The summed E-state index contributed by atoms with van der Waals surface area (Å²) in [6.45, 7) is 0.653. The Labute approximate surface area is 150 Å². The molecule has 0 spiro atoms. The summed E-state index contributed by atoms with van der Waals surface area (Å²) >= 11 is 0. The van der Waals surface area contributed by atoms with Crippen molar-refractivity contribution in [3.05, 3.63) is 35.4 Å². The molecule has 10 nitrogen and oxygen atoms in total. The summed E-state index contributed by atoms with van der Waals surface area (Å²) in [6.07, 6.45) is -0.121. The molecule has 0 aliphatic heterocycles. The first-order chi connectivity index (χ1) is 12.5. The number of carboxylic acid groups (broad SMARTS) is 2. The van der Waals surface area contributed by atoms with Gasteiger partial charge in [-0.2, -0.15) is 0 Å². The van der Waals surface area contributed by atoms with Gasteiger partial charge in [-0.05, 0) is 17.5 Å². The molecule has 2 unspecified atom stereocenters. The summed E-state index contributed by atoms with van der Waals surface area (Å²) in [5, 5.41) is 40.7. The van der Waals surface area contributed by atoms with Crippen LogP contribution in [0.3, 0.4) is 0 Å². The lowest BCUT2D eigenvalue weighted by molar-refractivity contribution is -0.257. The molecule has 10 heteroatoms.